The van der Waals surface area contributed by atoms with E-state index in [1.165, 1.54) is 5.56 Å². The summed E-state index contributed by atoms with van der Waals surface area (Å²) in [6, 6.07) is 16.5. The average Bonchev–Trinajstić information content (AvgIpc) is 3.17. The second-order valence-corrected chi connectivity index (χ2v) is 5.61. The summed E-state index contributed by atoms with van der Waals surface area (Å²) in [7, 11) is 0. The Bertz CT molecular complexity index is 939. The first-order chi connectivity index (χ1) is 11.9. The molecule has 2 heterocycles. The van der Waals surface area contributed by atoms with E-state index in [-0.39, 0.29) is 12.4 Å². The molecule has 0 saturated carbocycles. The van der Waals surface area contributed by atoms with Crippen molar-refractivity contribution in [3.63, 3.8) is 0 Å². The van der Waals surface area contributed by atoms with E-state index < -0.39 is 0 Å². The van der Waals surface area contributed by atoms with Crippen LogP contribution in [-0.4, -0.2) is 26.7 Å². The van der Waals surface area contributed by atoms with E-state index in [0.29, 0.717) is 0 Å². The van der Waals surface area contributed by atoms with E-state index in [0.717, 1.165) is 40.9 Å². The fourth-order valence-electron chi connectivity index (χ4n) is 2.66. The Morgan fingerprint density at radius 1 is 0.920 bits per heavy atom. The molecule has 0 spiro atoms. The molecule has 4 rings (SSSR count). The lowest BCUT2D eigenvalue weighted by Gasteiger charge is -2.07. The minimum Gasteiger partial charge on any atom is -0.368 e. The van der Waals surface area contributed by atoms with Crippen molar-refractivity contribution in [2.75, 3.05) is 11.9 Å². The van der Waals surface area contributed by atoms with Crippen LogP contribution in [0.2, 0.25) is 0 Å². The molecular formula is C19H18ClN5. The van der Waals surface area contributed by atoms with Gasteiger partial charge in [0, 0.05) is 18.3 Å². The number of rotatable bonds is 5. The third-order valence-electron chi connectivity index (χ3n) is 3.94. The van der Waals surface area contributed by atoms with Gasteiger partial charge in [-0.05, 0) is 29.7 Å². The van der Waals surface area contributed by atoms with E-state index in [4.69, 9.17) is 0 Å². The zero-order chi connectivity index (χ0) is 16.2. The maximum atomic E-state index is 4.63. The predicted octanol–water partition coefficient (Wildman–Crippen LogP) is 4.10. The summed E-state index contributed by atoms with van der Waals surface area (Å²) >= 11 is 0. The van der Waals surface area contributed by atoms with Crippen molar-refractivity contribution in [3.8, 4) is 11.1 Å². The molecule has 0 fully saturated rings. The molecule has 0 aliphatic rings. The molecule has 0 aliphatic carbocycles. The number of H-pyrrole nitrogens is 1. The zero-order valence-corrected chi connectivity index (χ0v) is 14.3. The van der Waals surface area contributed by atoms with Crippen LogP contribution in [0, 0.1) is 0 Å². The van der Waals surface area contributed by atoms with Crippen LogP contribution >= 0.6 is 12.4 Å². The van der Waals surface area contributed by atoms with Crippen molar-refractivity contribution >= 4 is 29.3 Å². The summed E-state index contributed by atoms with van der Waals surface area (Å²) in [6.07, 6.45) is 6.41. The van der Waals surface area contributed by atoms with Crippen molar-refractivity contribution in [1.29, 1.82) is 0 Å². The molecule has 25 heavy (non-hydrogen) atoms. The van der Waals surface area contributed by atoms with Gasteiger partial charge >= 0.3 is 0 Å². The van der Waals surface area contributed by atoms with Crippen molar-refractivity contribution in [1.82, 2.24) is 20.2 Å². The van der Waals surface area contributed by atoms with Gasteiger partial charge in [0.25, 0.3) is 0 Å². The number of aromatic nitrogens is 4. The number of aromatic amines is 1. The molecule has 0 bridgehead atoms. The lowest BCUT2D eigenvalue weighted by molar-refractivity contribution is 1.01. The summed E-state index contributed by atoms with van der Waals surface area (Å²) in [4.78, 5) is 9.15. The monoisotopic (exact) mass is 351 g/mol. The minimum absolute atomic E-state index is 0. The Labute approximate surface area is 151 Å². The second kappa shape index (κ2) is 7.77. The van der Waals surface area contributed by atoms with Gasteiger partial charge in [0.2, 0.25) is 0 Å². The van der Waals surface area contributed by atoms with Crippen LogP contribution in [0.3, 0.4) is 0 Å². The Kier molecular flexibility index (Phi) is 5.26. The number of nitrogens with one attached hydrogen (secondary N) is 2. The molecule has 5 nitrogen and oxygen atoms in total. The Hall–Kier alpha value is -2.92. The normalized spacial score (nSPS) is 10.4. The Balaban J connectivity index is 0.00000182. The molecule has 0 amide bonds. The fourth-order valence-corrected chi connectivity index (χ4v) is 2.66. The number of halogens is 1. The van der Waals surface area contributed by atoms with Gasteiger partial charge in [-0.1, -0.05) is 36.4 Å². The lowest BCUT2D eigenvalue weighted by atomic mass is 10.1. The number of anilines is 1. The van der Waals surface area contributed by atoms with Crippen LogP contribution in [-0.2, 0) is 6.42 Å². The molecule has 0 unspecified atom stereocenters. The third kappa shape index (κ3) is 3.95. The standard InChI is InChI=1S/C19H17N5.ClH/c1-2-4-14(5-3-1)8-9-20-19-13-21-18-10-15(6-7-17(18)24-19)16-11-22-23-12-16;/h1-7,10-13H,8-9H2,(H,20,24)(H,22,23);1H. The van der Waals surface area contributed by atoms with Gasteiger partial charge in [-0.25, -0.2) is 4.98 Å². The molecule has 4 aromatic rings. The quantitative estimate of drug-likeness (QED) is 0.568. The summed E-state index contributed by atoms with van der Waals surface area (Å²) in [5.74, 6) is 0.800. The Morgan fingerprint density at radius 3 is 2.60 bits per heavy atom. The maximum Gasteiger partial charge on any atom is 0.145 e. The van der Waals surface area contributed by atoms with Crippen LogP contribution in [0.4, 0.5) is 5.82 Å². The molecule has 126 valence electrons. The molecule has 0 saturated heterocycles. The van der Waals surface area contributed by atoms with Crippen LogP contribution in [0.1, 0.15) is 5.56 Å². The van der Waals surface area contributed by atoms with Crippen molar-refractivity contribution < 1.29 is 0 Å². The van der Waals surface area contributed by atoms with Crippen LogP contribution in [0.5, 0.6) is 0 Å². The minimum atomic E-state index is 0. The molecule has 0 radical (unpaired) electrons. The smallest absolute Gasteiger partial charge is 0.145 e. The molecule has 0 atom stereocenters. The van der Waals surface area contributed by atoms with Crippen LogP contribution in [0.25, 0.3) is 22.2 Å². The van der Waals surface area contributed by atoms with E-state index >= 15 is 0 Å². The zero-order valence-electron chi connectivity index (χ0n) is 13.5. The summed E-state index contributed by atoms with van der Waals surface area (Å²) < 4.78 is 0. The second-order valence-electron chi connectivity index (χ2n) is 5.61. The van der Waals surface area contributed by atoms with Gasteiger partial charge < -0.3 is 5.32 Å². The van der Waals surface area contributed by atoms with E-state index in [9.17, 15) is 0 Å². The number of fused-ring (bicyclic) bond motifs is 1. The SMILES string of the molecule is Cl.c1ccc(CCNc2cnc3cc(-c4cn[nH]c4)ccc3n2)cc1. The maximum absolute atomic E-state index is 4.63. The van der Waals surface area contributed by atoms with Gasteiger partial charge in [-0.15, -0.1) is 12.4 Å². The lowest BCUT2D eigenvalue weighted by Crippen LogP contribution is -2.06. The van der Waals surface area contributed by atoms with Crippen LogP contribution in [0.15, 0.2) is 67.1 Å². The molecule has 2 aromatic heterocycles. The Morgan fingerprint density at radius 2 is 1.80 bits per heavy atom. The van der Waals surface area contributed by atoms with E-state index in [1.807, 2.05) is 30.5 Å². The number of hydrogen-bond donors (Lipinski definition) is 2. The van der Waals surface area contributed by atoms with Crippen molar-refractivity contribution in [2.24, 2.45) is 0 Å². The van der Waals surface area contributed by atoms with Crippen molar-refractivity contribution in [2.45, 2.75) is 6.42 Å². The predicted molar refractivity (Wildman–Crippen MR) is 103 cm³/mol. The van der Waals surface area contributed by atoms with Gasteiger partial charge in [0.15, 0.2) is 0 Å². The molecule has 6 heteroatoms. The van der Waals surface area contributed by atoms with Gasteiger partial charge in [-0.3, -0.25) is 10.1 Å². The number of benzene rings is 2. The van der Waals surface area contributed by atoms with Gasteiger partial charge in [0.1, 0.15) is 5.82 Å². The first kappa shape index (κ1) is 16.9. The van der Waals surface area contributed by atoms with Gasteiger partial charge in [-0.2, -0.15) is 5.10 Å². The molecule has 0 aliphatic heterocycles. The number of nitrogens with zero attached hydrogens (tertiary/aromatic N) is 3. The first-order valence-electron chi connectivity index (χ1n) is 7.92. The third-order valence-corrected chi connectivity index (χ3v) is 3.94. The van der Waals surface area contributed by atoms with E-state index in [2.05, 4.69) is 49.7 Å². The molecule has 2 aromatic carbocycles. The molecule has 2 N–H and O–H groups in total. The van der Waals surface area contributed by atoms with E-state index in [1.54, 1.807) is 12.4 Å². The topological polar surface area (TPSA) is 66.5 Å². The first-order valence-corrected chi connectivity index (χ1v) is 7.92. The van der Waals surface area contributed by atoms with Crippen LogP contribution < -0.4 is 5.32 Å². The average molecular weight is 352 g/mol. The fraction of sp³-hybridized carbons (Fsp3) is 0.105. The number of hydrogen-bond acceptors (Lipinski definition) is 4. The highest BCUT2D eigenvalue weighted by Crippen LogP contribution is 2.22. The molecular weight excluding hydrogens is 334 g/mol. The highest BCUT2D eigenvalue weighted by molar-refractivity contribution is 5.85. The van der Waals surface area contributed by atoms with Crippen molar-refractivity contribution in [3.05, 3.63) is 72.7 Å². The summed E-state index contributed by atoms with van der Waals surface area (Å²) in [5.41, 5.74) is 5.19. The summed E-state index contributed by atoms with van der Waals surface area (Å²) in [5, 5.41) is 10.1. The van der Waals surface area contributed by atoms with Gasteiger partial charge in [0.05, 0.1) is 23.4 Å². The highest BCUT2D eigenvalue weighted by Gasteiger charge is 2.04. The highest BCUT2D eigenvalue weighted by atomic mass is 35.5. The largest absolute Gasteiger partial charge is 0.368 e. The summed E-state index contributed by atoms with van der Waals surface area (Å²) in [6.45, 7) is 0.831.